The van der Waals surface area contributed by atoms with Crippen LogP contribution in [0, 0.1) is 11.3 Å². The van der Waals surface area contributed by atoms with Crippen LogP contribution in [-0.4, -0.2) is 16.2 Å². The molecule has 3 aromatic carbocycles. The number of carbonyl (C=O) groups excluding carboxylic acids is 1. The first kappa shape index (κ1) is 15.8. The molecule has 0 aliphatic heterocycles. The van der Waals surface area contributed by atoms with Gasteiger partial charge in [-0.2, -0.15) is 0 Å². The Balaban J connectivity index is 1.94. The molecular formula is C21H20O4. The summed E-state index contributed by atoms with van der Waals surface area (Å²) in [5.74, 6) is 0.156. The molecule has 128 valence electrons. The quantitative estimate of drug-likeness (QED) is 0.314. The average molecular weight is 336 g/mol. The molecule has 4 heteroatoms. The average Bonchev–Trinajstić information content (AvgIpc) is 3.30. The molecule has 4 nitrogen and oxygen atoms in total. The molecule has 1 fully saturated rings. The molecule has 4 rings (SSSR count). The highest BCUT2D eigenvalue weighted by atomic mass is 16.5. The van der Waals surface area contributed by atoms with Gasteiger partial charge in [0.1, 0.15) is 5.75 Å². The number of aromatic hydroxyl groups is 2. The predicted molar refractivity (Wildman–Crippen MR) is 96.9 cm³/mol. The Hall–Kier alpha value is -2.75. The lowest BCUT2D eigenvalue weighted by atomic mass is 9.99. The lowest BCUT2D eigenvalue weighted by Crippen LogP contribution is -2.23. The Morgan fingerprint density at radius 3 is 2.56 bits per heavy atom. The van der Waals surface area contributed by atoms with Crippen LogP contribution in [0.25, 0.3) is 21.5 Å². The fourth-order valence-electron chi connectivity index (χ4n) is 3.78. The van der Waals surface area contributed by atoms with Crippen molar-refractivity contribution in [3.05, 3.63) is 42.5 Å². The number of carbonyl (C=O) groups is 1. The molecule has 0 amide bonds. The van der Waals surface area contributed by atoms with Gasteiger partial charge < -0.3 is 14.9 Å². The number of fused-ring (bicyclic) bond motifs is 2. The maximum atomic E-state index is 12.8. The molecular weight excluding hydrogens is 316 g/mol. The van der Waals surface area contributed by atoms with E-state index in [0.29, 0.717) is 22.4 Å². The van der Waals surface area contributed by atoms with Crippen molar-refractivity contribution in [3.63, 3.8) is 0 Å². The van der Waals surface area contributed by atoms with E-state index in [1.165, 1.54) is 6.07 Å². The van der Waals surface area contributed by atoms with E-state index in [1.54, 1.807) is 12.1 Å². The van der Waals surface area contributed by atoms with Crippen molar-refractivity contribution in [3.8, 4) is 17.2 Å². The number of hydrogen-bond donors (Lipinski definition) is 2. The minimum Gasteiger partial charge on any atom is -0.504 e. The summed E-state index contributed by atoms with van der Waals surface area (Å²) in [6.07, 6.45) is 1.60. The summed E-state index contributed by atoms with van der Waals surface area (Å²) in [5, 5.41) is 22.8. The molecule has 1 aliphatic rings. The first-order valence-corrected chi connectivity index (χ1v) is 8.56. The molecule has 3 aromatic rings. The van der Waals surface area contributed by atoms with Crippen LogP contribution in [0.5, 0.6) is 17.2 Å². The molecule has 2 unspecified atom stereocenters. The van der Waals surface area contributed by atoms with Crippen LogP contribution in [0.4, 0.5) is 0 Å². The van der Waals surface area contributed by atoms with E-state index in [0.717, 1.165) is 23.6 Å². The number of phenols is 2. The lowest BCUT2D eigenvalue weighted by Gasteiger charge is -2.17. The molecule has 0 radical (unpaired) electrons. The second kappa shape index (κ2) is 5.38. The number of hydrogen-bond acceptors (Lipinski definition) is 4. The van der Waals surface area contributed by atoms with E-state index < -0.39 is 5.41 Å². The first-order chi connectivity index (χ1) is 12.0. The highest BCUT2D eigenvalue weighted by Gasteiger charge is 2.57. The van der Waals surface area contributed by atoms with Gasteiger partial charge in [0.05, 0.1) is 5.41 Å². The van der Waals surface area contributed by atoms with Crippen LogP contribution >= 0.6 is 0 Å². The number of benzene rings is 3. The molecule has 0 heterocycles. The Labute approximate surface area is 145 Å². The van der Waals surface area contributed by atoms with Crippen LogP contribution in [0.1, 0.15) is 26.7 Å². The molecule has 1 saturated carbocycles. The molecule has 0 saturated heterocycles. The van der Waals surface area contributed by atoms with Crippen LogP contribution in [0.15, 0.2) is 42.5 Å². The summed E-state index contributed by atoms with van der Waals surface area (Å²) in [7, 11) is 0. The smallest absolute Gasteiger partial charge is 0.317 e. The number of esters is 1. The van der Waals surface area contributed by atoms with Crippen molar-refractivity contribution in [2.45, 2.75) is 26.7 Å². The van der Waals surface area contributed by atoms with E-state index in [1.807, 2.05) is 31.2 Å². The topological polar surface area (TPSA) is 66.8 Å². The summed E-state index contributed by atoms with van der Waals surface area (Å²) in [6, 6.07) is 12.5. The highest BCUT2D eigenvalue weighted by molar-refractivity contribution is 6.09. The Morgan fingerprint density at radius 2 is 1.88 bits per heavy atom. The van der Waals surface area contributed by atoms with Crippen molar-refractivity contribution in [2.24, 2.45) is 11.3 Å². The summed E-state index contributed by atoms with van der Waals surface area (Å²) < 4.78 is 5.89. The van der Waals surface area contributed by atoms with E-state index in [-0.39, 0.29) is 17.5 Å². The van der Waals surface area contributed by atoms with Crippen LogP contribution in [0.2, 0.25) is 0 Å². The fourth-order valence-corrected chi connectivity index (χ4v) is 3.78. The van der Waals surface area contributed by atoms with Crippen molar-refractivity contribution in [1.29, 1.82) is 0 Å². The van der Waals surface area contributed by atoms with Crippen LogP contribution < -0.4 is 4.74 Å². The Kier molecular flexibility index (Phi) is 3.39. The molecule has 2 atom stereocenters. The minimum atomic E-state index is -0.401. The SMILES string of the molecule is CCC1(C(=O)Oc2c3ccccc3cc3c(O)c(O)ccc23)CC1C. The normalized spacial score (nSPS) is 22.2. The zero-order valence-corrected chi connectivity index (χ0v) is 14.2. The van der Waals surface area contributed by atoms with Crippen LogP contribution in [0.3, 0.4) is 0 Å². The van der Waals surface area contributed by atoms with E-state index in [4.69, 9.17) is 4.74 Å². The van der Waals surface area contributed by atoms with E-state index >= 15 is 0 Å². The second-order valence-electron chi connectivity index (χ2n) is 6.96. The van der Waals surface area contributed by atoms with Crippen molar-refractivity contribution < 1.29 is 19.7 Å². The zero-order valence-electron chi connectivity index (χ0n) is 14.2. The third kappa shape index (κ3) is 2.24. The largest absolute Gasteiger partial charge is 0.504 e. The molecule has 2 N–H and O–H groups in total. The fraction of sp³-hybridized carbons (Fsp3) is 0.286. The summed E-state index contributed by atoms with van der Waals surface area (Å²) >= 11 is 0. The van der Waals surface area contributed by atoms with Gasteiger partial charge >= 0.3 is 5.97 Å². The van der Waals surface area contributed by atoms with Gasteiger partial charge in [0.2, 0.25) is 0 Å². The first-order valence-electron chi connectivity index (χ1n) is 8.56. The minimum absolute atomic E-state index is 0.194. The van der Waals surface area contributed by atoms with Gasteiger partial charge in [-0.1, -0.05) is 38.1 Å². The Morgan fingerprint density at radius 1 is 1.16 bits per heavy atom. The summed E-state index contributed by atoms with van der Waals surface area (Å²) in [6.45, 7) is 4.08. The zero-order chi connectivity index (χ0) is 17.8. The van der Waals surface area contributed by atoms with Gasteiger partial charge in [-0.05, 0) is 42.3 Å². The Bertz CT molecular complexity index is 1000. The summed E-state index contributed by atoms with van der Waals surface area (Å²) in [4.78, 5) is 12.8. The van der Waals surface area contributed by atoms with Gasteiger partial charge in [-0.25, -0.2) is 0 Å². The third-order valence-electron chi connectivity index (χ3n) is 5.63. The monoisotopic (exact) mass is 336 g/mol. The van der Waals surface area contributed by atoms with E-state index in [2.05, 4.69) is 6.92 Å². The standard InChI is InChI=1S/C21H20O4/c1-3-21(11-12(21)2)20(24)25-19-14-7-5-4-6-13(14)10-16-15(19)8-9-17(22)18(16)23/h4-10,12,22-23H,3,11H2,1-2H3. The molecule has 0 aromatic heterocycles. The van der Waals surface area contributed by atoms with Gasteiger partial charge in [-0.3, -0.25) is 4.79 Å². The predicted octanol–water partition coefficient (Wildman–Crippen LogP) is 4.75. The molecule has 0 spiro atoms. The summed E-state index contributed by atoms with van der Waals surface area (Å²) in [5.41, 5.74) is -0.401. The molecule has 25 heavy (non-hydrogen) atoms. The van der Waals surface area contributed by atoms with Gasteiger partial charge in [-0.15, -0.1) is 0 Å². The van der Waals surface area contributed by atoms with Gasteiger partial charge in [0.25, 0.3) is 0 Å². The third-order valence-corrected chi connectivity index (χ3v) is 5.63. The maximum Gasteiger partial charge on any atom is 0.317 e. The molecule has 1 aliphatic carbocycles. The number of rotatable bonds is 3. The van der Waals surface area contributed by atoms with Crippen molar-refractivity contribution in [2.75, 3.05) is 0 Å². The molecule has 0 bridgehead atoms. The van der Waals surface area contributed by atoms with Gasteiger partial charge in [0, 0.05) is 16.2 Å². The number of phenolic OH excluding ortho intramolecular Hbond substituents is 2. The number of ether oxygens (including phenoxy) is 1. The van der Waals surface area contributed by atoms with Crippen LogP contribution in [-0.2, 0) is 4.79 Å². The van der Waals surface area contributed by atoms with E-state index in [9.17, 15) is 15.0 Å². The second-order valence-corrected chi connectivity index (χ2v) is 6.96. The highest BCUT2D eigenvalue weighted by Crippen LogP contribution is 2.56. The maximum absolute atomic E-state index is 12.8. The lowest BCUT2D eigenvalue weighted by molar-refractivity contribution is -0.141. The van der Waals surface area contributed by atoms with Gasteiger partial charge in [0.15, 0.2) is 11.5 Å². The van der Waals surface area contributed by atoms with Crippen molar-refractivity contribution >= 4 is 27.5 Å². The van der Waals surface area contributed by atoms with Crippen molar-refractivity contribution in [1.82, 2.24) is 0 Å².